The summed E-state index contributed by atoms with van der Waals surface area (Å²) < 4.78 is 13.3. The Hall–Kier alpha value is -1.87. The Balaban J connectivity index is 2.26. The van der Waals surface area contributed by atoms with Gasteiger partial charge in [0, 0.05) is 17.7 Å². The van der Waals surface area contributed by atoms with E-state index in [4.69, 9.17) is 17.3 Å². The highest BCUT2D eigenvalue weighted by Crippen LogP contribution is 2.22. The number of ketones is 1. The van der Waals surface area contributed by atoms with E-state index >= 15 is 0 Å². The van der Waals surface area contributed by atoms with E-state index in [1.807, 2.05) is 6.92 Å². The third kappa shape index (κ3) is 2.93. The van der Waals surface area contributed by atoms with Crippen molar-refractivity contribution in [3.63, 3.8) is 0 Å². The van der Waals surface area contributed by atoms with Crippen LogP contribution in [0.1, 0.15) is 21.5 Å². The van der Waals surface area contributed by atoms with Crippen molar-refractivity contribution in [2.24, 2.45) is 0 Å². The van der Waals surface area contributed by atoms with Crippen LogP contribution in [0.2, 0.25) is 5.02 Å². The average molecular weight is 278 g/mol. The quantitative estimate of drug-likeness (QED) is 0.685. The molecule has 0 aliphatic carbocycles. The first kappa shape index (κ1) is 13.6. The van der Waals surface area contributed by atoms with Gasteiger partial charge in [-0.05, 0) is 30.2 Å². The highest BCUT2D eigenvalue weighted by molar-refractivity contribution is 6.31. The molecule has 4 heteroatoms. The second-order valence-corrected chi connectivity index (χ2v) is 4.76. The van der Waals surface area contributed by atoms with Crippen molar-refractivity contribution in [2.45, 2.75) is 13.3 Å². The van der Waals surface area contributed by atoms with E-state index in [9.17, 15) is 9.18 Å². The predicted molar refractivity (Wildman–Crippen MR) is 75.0 cm³/mol. The Morgan fingerprint density at radius 2 is 2.05 bits per heavy atom. The molecule has 0 amide bonds. The molecule has 0 aliphatic rings. The van der Waals surface area contributed by atoms with Crippen LogP contribution in [0.5, 0.6) is 0 Å². The molecule has 0 unspecified atom stereocenters. The summed E-state index contributed by atoms with van der Waals surface area (Å²) >= 11 is 5.83. The van der Waals surface area contributed by atoms with Gasteiger partial charge in [-0.3, -0.25) is 4.79 Å². The number of nitrogens with two attached hydrogens (primary N) is 1. The average Bonchev–Trinajstić information content (AvgIpc) is 2.38. The van der Waals surface area contributed by atoms with Crippen LogP contribution in [0.25, 0.3) is 0 Å². The van der Waals surface area contributed by atoms with Gasteiger partial charge in [0.05, 0.1) is 5.02 Å². The Labute approximate surface area is 116 Å². The molecule has 0 saturated heterocycles. The molecule has 2 N–H and O–H groups in total. The topological polar surface area (TPSA) is 43.1 Å². The number of hydrogen-bond acceptors (Lipinski definition) is 2. The molecule has 0 atom stereocenters. The van der Waals surface area contributed by atoms with E-state index < -0.39 is 5.82 Å². The third-order valence-electron chi connectivity index (χ3n) is 2.98. The van der Waals surface area contributed by atoms with Crippen LogP contribution in [-0.4, -0.2) is 5.78 Å². The van der Waals surface area contributed by atoms with Gasteiger partial charge in [-0.15, -0.1) is 0 Å². The van der Waals surface area contributed by atoms with E-state index in [2.05, 4.69) is 0 Å². The number of carbonyl (C=O) groups excluding carboxylic acids is 1. The first-order valence-electron chi connectivity index (χ1n) is 5.81. The lowest BCUT2D eigenvalue weighted by Crippen LogP contribution is -2.05. The van der Waals surface area contributed by atoms with Crippen molar-refractivity contribution in [3.8, 4) is 0 Å². The van der Waals surface area contributed by atoms with Crippen LogP contribution < -0.4 is 5.73 Å². The fraction of sp³-hybridized carbons (Fsp3) is 0.133. The van der Waals surface area contributed by atoms with Crippen LogP contribution in [0.15, 0.2) is 36.4 Å². The molecular formula is C15H13ClFNO. The minimum Gasteiger partial charge on any atom is -0.398 e. The Bertz CT molecular complexity index is 640. The van der Waals surface area contributed by atoms with Crippen molar-refractivity contribution in [1.29, 1.82) is 0 Å². The van der Waals surface area contributed by atoms with Crippen LogP contribution in [0.3, 0.4) is 0 Å². The van der Waals surface area contributed by atoms with E-state index in [0.717, 1.165) is 5.56 Å². The lowest BCUT2D eigenvalue weighted by atomic mass is 10.0. The zero-order valence-electron chi connectivity index (χ0n) is 10.4. The van der Waals surface area contributed by atoms with Gasteiger partial charge in [0.1, 0.15) is 5.82 Å². The minimum absolute atomic E-state index is 0.00377. The summed E-state index contributed by atoms with van der Waals surface area (Å²) in [5.41, 5.74) is 8.23. The highest BCUT2D eigenvalue weighted by Gasteiger charge is 2.12. The zero-order valence-corrected chi connectivity index (χ0v) is 11.2. The summed E-state index contributed by atoms with van der Waals surface area (Å²) in [6.45, 7) is 1.87. The number of benzene rings is 2. The van der Waals surface area contributed by atoms with Gasteiger partial charge in [0.15, 0.2) is 5.78 Å². The summed E-state index contributed by atoms with van der Waals surface area (Å²) in [6, 6.07) is 9.57. The normalized spacial score (nSPS) is 10.5. The second kappa shape index (κ2) is 5.41. The monoisotopic (exact) mass is 277 g/mol. The molecule has 0 spiro atoms. The van der Waals surface area contributed by atoms with Crippen molar-refractivity contribution >= 4 is 23.1 Å². The Kier molecular flexibility index (Phi) is 3.86. The number of halogens is 2. The van der Waals surface area contributed by atoms with Crippen LogP contribution in [-0.2, 0) is 6.42 Å². The molecule has 19 heavy (non-hydrogen) atoms. The molecule has 2 nitrogen and oxygen atoms in total. The van der Waals surface area contributed by atoms with Crippen molar-refractivity contribution < 1.29 is 9.18 Å². The van der Waals surface area contributed by atoms with Crippen molar-refractivity contribution in [1.82, 2.24) is 0 Å². The summed E-state index contributed by atoms with van der Waals surface area (Å²) in [4.78, 5) is 12.1. The van der Waals surface area contributed by atoms with E-state index in [-0.39, 0.29) is 17.2 Å². The van der Waals surface area contributed by atoms with Gasteiger partial charge in [0.2, 0.25) is 0 Å². The van der Waals surface area contributed by atoms with Gasteiger partial charge in [-0.1, -0.05) is 35.9 Å². The van der Waals surface area contributed by atoms with Gasteiger partial charge in [-0.2, -0.15) is 0 Å². The molecule has 0 aliphatic heterocycles. The lowest BCUT2D eigenvalue weighted by molar-refractivity contribution is 0.0993. The molecule has 0 bridgehead atoms. The van der Waals surface area contributed by atoms with Gasteiger partial charge in [0.25, 0.3) is 0 Å². The Morgan fingerprint density at radius 3 is 2.74 bits per heavy atom. The molecule has 0 aromatic heterocycles. The molecular weight excluding hydrogens is 265 g/mol. The summed E-state index contributed by atoms with van der Waals surface area (Å²) in [5.74, 6) is -0.658. The maximum Gasteiger partial charge on any atom is 0.167 e. The fourth-order valence-electron chi connectivity index (χ4n) is 1.77. The smallest absolute Gasteiger partial charge is 0.167 e. The highest BCUT2D eigenvalue weighted by atomic mass is 35.5. The maximum absolute atomic E-state index is 13.3. The maximum atomic E-state index is 13.3. The minimum atomic E-state index is -0.518. The molecule has 2 rings (SSSR count). The standard InChI is InChI=1S/C15H13ClFNO/c1-9-5-6-10(7-13(9)18)14(19)8-11-3-2-4-12(17)15(11)16/h2-7H,8,18H2,1H3. The molecule has 2 aromatic carbocycles. The fourth-order valence-corrected chi connectivity index (χ4v) is 1.97. The largest absolute Gasteiger partial charge is 0.398 e. The SMILES string of the molecule is Cc1ccc(C(=O)Cc2cccc(F)c2Cl)cc1N. The molecule has 0 saturated carbocycles. The number of anilines is 1. The first-order chi connectivity index (χ1) is 8.99. The Morgan fingerprint density at radius 1 is 1.32 bits per heavy atom. The number of hydrogen-bond donors (Lipinski definition) is 1. The molecule has 0 heterocycles. The number of rotatable bonds is 3. The number of nitrogen functional groups attached to an aromatic ring is 1. The van der Waals surface area contributed by atoms with Crippen molar-refractivity contribution in [3.05, 3.63) is 63.9 Å². The van der Waals surface area contributed by atoms with E-state index in [0.29, 0.717) is 16.8 Å². The predicted octanol–water partition coefficient (Wildman–Crippen LogP) is 3.80. The van der Waals surface area contributed by atoms with Crippen LogP contribution in [0.4, 0.5) is 10.1 Å². The third-order valence-corrected chi connectivity index (χ3v) is 3.41. The van der Waals surface area contributed by atoms with Crippen molar-refractivity contribution in [2.75, 3.05) is 5.73 Å². The summed E-state index contributed by atoms with van der Waals surface area (Å²) in [5, 5.41) is -0.00377. The zero-order chi connectivity index (χ0) is 14.0. The lowest BCUT2D eigenvalue weighted by Gasteiger charge is -2.06. The van der Waals surface area contributed by atoms with Gasteiger partial charge in [-0.25, -0.2) is 4.39 Å². The number of aryl methyl sites for hydroxylation is 1. The van der Waals surface area contributed by atoms with E-state index in [1.54, 1.807) is 24.3 Å². The molecule has 98 valence electrons. The summed E-state index contributed by atoms with van der Waals surface area (Å²) in [7, 11) is 0. The molecule has 0 radical (unpaired) electrons. The first-order valence-corrected chi connectivity index (χ1v) is 6.19. The number of carbonyl (C=O) groups is 1. The van der Waals surface area contributed by atoms with E-state index in [1.165, 1.54) is 12.1 Å². The van der Waals surface area contributed by atoms with Gasteiger partial charge < -0.3 is 5.73 Å². The summed E-state index contributed by atoms with van der Waals surface area (Å²) in [6.07, 6.45) is 0.0547. The van der Waals surface area contributed by atoms with Crippen LogP contribution in [0, 0.1) is 12.7 Å². The second-order valence-electron chi connectivity index (χ2n) is 4.38. The molecule has 0 fully saturated rings. The molecule has 2 aromatic rings. The van der Waals surface area contributed by atoms with Gasteiger partial charge >= 0.3 is 0 Å². The number of Topliss-reactive ketones (excluding diaryl/α,β-unsaturated/α-hetero) is 1. The van der Waals surface area contributed by atoms with Crippen LogP contribution >= 0.6 is 11.6 Å².